The number of aryl methyl sites for hydroxylation is 2. The van der Waals surface area contributed by atoms with Gasteiger partial charge in [-0.05, 0) is 43.3 Å². The Morgan fingerprint density at radius 3 is 2.39 bits per heavy atom. The SMILES string of the molecule is CNc1ncc2nc(-c3cc(-c4c(C(N)=O)cc(C(F)(F)F)cc4N4CCN(C)CC4)ccc3C)c(=O)n(C)c2n1. The Kier molecular flexibility index (Phi) is 7.15. The van der Waals surface area contributed by atoms with Crippen molar-refractivity contribution < 1.29 is 18.0 Å². The molecule has 2 aromatic heterocycles. The van der Waals surface area contributed by atoms with Gasteiger partial charge >= 0.3 is 6.18 Å². The Bertz CT molecular complexity index is 1730. The van der Waals surface area contributed by atoms with E-state index < -0.39 is 23.2 Å². The lowest BCUT2D eigenvalue weighted by atomic mass is 9.91. The fourth-order valence-electron chi connectivity index (χ4n) is 5.03. The van der Waals surface area contributed by atoms with E-state index in [1.165, 1.54) is 10.8 Å². The minimum Gasteiger partial charge on any atom is -0.368 e. The number of amides is 1. The van der Waals surface area contributed by atoms with Crippen LogP contribution in [0.25, 0.3) is 33.5 Å². The molecule has 3 N–H and O–H groups in total. The third-order valence-electron chi connectivity index (χ3n) is 7.37. The predicted octanol–water partition coefficient (Wildman–Crippen LogP) is 3.28. The zero-order chi connectivity index (χ0) is 29.6. The molecule has 0 unspecified atom stereocenters. The van der Waals surface area contributed by atoms with Crippen molar-refractivity contribution in [1.82, 2.24) is 24.4 Å². The van der Waals surface area contributed by atoms with Gasteiger partial charge in [-0.3, -0.25) is 14.2 Å². The van der Waals surface area contributed by atoms with Crippen LogP contribution in [-0.2, 0) is 13.2 Å². The Balaban J connectivity index is 1.76. The second-order valence-corrected chi connectivity index (χ2v) is 10.1. The molecule has 10 nitrogen and oxygen atoms in total. The van der Waals surface area contributed by atoms with E-state index in [0.29, 0.717) is 60.0 Å². The number of nitrogens with zero attached hydrogens (tertiary/aromatic N) is 6. The molecule has 1 fully saturated rings. The van der Waals surface area contributed by atoms with Crippen LogP contribution in [0.1, 0.15) is 21.5 Å². The number of fused-ring (bicyclic) bond motifs is 1. The summed E-state index contributed by atoms with van der Waals surface area (Å²) in [5.41, 5.74) is 7.02. The van der Waals surface area contributed by atoms with Crippen LogP contribution in [0.4, 0.5) is 24.8 Å². The van der Waals surface area contributed by atoms with Crippen LogP contribution in [0, 0.1) is 6.92 Å². The molecule has 0 spiro atoms. The molecule has 0 bridgehead atoms. The van der Waals surface area contributed by atoms with Gasteiger partial charge in [0, 0.05) is 62.7 Å². The second-order valence-electron chi connectivity index (χ2n) is 10.1. The summed E-state index contributed by atoms with van der Waals surface area (Å²) < 4.78 is 43.2. The first kappa shape index (κ1) is 28.0. The summed E-state index contributed by atoms with van der Waals surface area (Å²) in [6, 6.07) is 6.98. The topological polar surface area (TPSA) is 122 Å². The molecule has 4 aromatic rings. The molecule has 0 atom stereocenters. The molecule has 13 heteroatoms. The molecule has 214 valence electrons. The van der Waals surface area contributed by atoms with Gasteiger partial charge in [0.2, 0.25) is 11.9 Å². The number of carbonyl (C=O) groups excluding carboxylic acids is 1. The number of nitrogens with two attached hydrogens (primary N) is 1. The number of primary amides is 1. The Labute approximate surface area is 233 Å². The Morgan fingerprint density at radius 2 is 1.76 bits per heavy atom. The highest BCUT2D eigenvalue weighted by Crippen LogP contribution is 2.41. The lowest BCUT2D eigenvalue weighted by Gasteiger charge is -2.36. The number of anilines is 2. The van der Waals surface area contributed by atoms with E-state index in [4.69, 9.17) is 5.73 Å². The van der Waals surface area contributed by atoms with E-state index in [-0.39, 0.29) is 22.5 Å². The van der Waals surface area contributed by atoms with Crippen molar-refractivity contribution in [1.29, 1.82) is 0 Å². The molecule has 1 aliphatic rings. The number of nitrogens with one attached hydrogen (secondary N) is 1. The fourth-order valence-corrected chi connectivity index (χ4v) is 5.03. The summed E-state index contributed by atoms with van der Waals surface area (Å²) in [5.74, 6) is -0.654. The number of hydrogen-bond donors (Lipinski definition) is 2. The first-order chi connectivity index (χ1) is 19.4. The van der Waals surface area contributed by atoms with Crippen molar-refractivity contribution >= 4 is 28.7 Å². The maximum absolute atomic E-state index is 13.9. The lowest BCUT2D eigenvalue weighted by molar-refractivity contribution is -0.137. The highest BCUT2D eigenvalue weighted by molar-refractivity contribution is 6.04. The van der Waals surface area contributed by atoms with Crippen molar-refractivity contribution in [3.63, 3.8) is 0 Å². The number of hydrogen-bond acceptors (Lipinski definition) is 8. The first-order valence-corrected chi connectivity index (χ1v) is 12.9. The summed E-state index contributed by atoms with van der Waals surface area (Å²) in [4.78, 5) is 43.1. The van der Waals surface area contributed by atoms with E-state index in [9.17, 15) is 22.8 Å². The summed E-state index contributed by atoms with van der Waals surface area (Å²) in [6.07, 6.45) is -3.18. The van der Waals surface area contributed by atoms with Gasteiger partial charge in [-0.25, -0.2) is 9.97 Å². The molecular weight excluding hydrogens is 537 g/mol. The number of likely N-dealkylation sites (N-methyl/N-ethyl adjacent to an activating group) is 1. The number of piperazine rings is 1. The zero-order valence-corrected chi connectivity index (χ0v) is 23.0. The average molecular weight is 567 g/mol. The molecule has 3 heterocycles. The number of alkyl halides is 3. The number of carbonyl (C=O) groups is 1. The lowest BCUT2D eigenvalue weighted by Crippen LogP contribution is -2.44. The van der Waals surface area contributed by atoms with Crippen LogP contribution < -0.4 is 21.5 Å². The summed E-state index contributed by atoms with van der Waals surface area (Å²) in [5, 5.41) is 2.83. The minimum absolute atomic E-state index is 0.119. The maximum Gasteiger partial charge on any atom is 0.416 e. The summed E-state index contributed by atoms with van der Waals surface area (Å²) in [6.45, 7) is 3.99. The van der Waals surface area contributed by atoms with Crippen LogP contribution in [0.15, 0.2) is 41.3 Å². The van der Waals surface area contributed by atoms with Crippen LogP contribution in [0.3, 0.4) is 0 Å². The van der Waals surface area contributed by atoms with Crippen molar-refractivity contribution in [3.05, 3.63) is 63.6 Å². The van der Waals surface area contributed by atoms with Crippen LogP contribution in [-0.4, -0.2) is 70.6 Å². The summed E-state index contributed by atoms with van der Waals surface area (Å²) >= 11 is 0. The normalized spacial score (nSPS) is 14.5. The molecule has 1 saturated heterocycles. The number of halogens is 3. The van der Waals surface area contributed by atoms with Crippen LogP contribution >= 0.6 is 0 Å². The number of rotatable bonds is 5. The van der Waals surface area contributed by atoms with Gasteiger partial charge in [-0.2, -0.15) is 18.2 Å². The molecule has 1 aliphatic heterocycles. The third kappa shape index (κ3) is 5.20. The van der Waals surface area contributed by atoms with Gasteiger partial charge in [0.1, 0.15) is 11.2 Å². The molecular formula is C28H29F3N8O2. The van der Waals surface area contributed by atoms with E-state index in [0.717, 1.165) is 12.1 Å². The van der Waals surface area contributed by atoms with E-state index >= 15 is 0 Å². The standard InChI is InChI=1S/C28H29F3N8O2/c1-15-5-6-16(11-18(15)23-26(41)38(4)25-20(35-23)14-34-27(33-2)36-25)22-19(24(32)40)12-17(28(29,30)31)13-21(22)39-9-7-37(3)8-10-39/h5-6,11-14H,7-10H2,1-4H3,(H2,32,40)(H,33,34,36). The number of aromatic nitrogens is 4. The zero-order valence-electron chi connectivity index (χ0n) is 23.0. The quantitative estimate of drug-likeness (QED) is 0.378. The van der Waals surface area contributed by atoms with Crippen molar-refractivity contribution in [2.75, 3.05) is 50.5 Å². The molecule has 0 saturated carbocycles. The first-order valence-electron chi connectivity index (χ1n) is 12.9. The average Bonchev–Trinajstić information content (AvgIpc) is 2.94. The molecule has 2 aromatic carbocycles. The van der Waals surface area contributed by atoms with Crippen molar-refractivity contribution in [3.8, 4) is 22.4 Å². The fraction of sp³-hybridized carbons (Fsp3) is 0.321. The van der Waals surface area contributed by atoms with E-state index in [2.05, 4.69) is 25.2 Å². The Hall–Kier alpha value is -4.52. The van der Waals surface area contributed by atoms with Crippen LogP contribution in [0.2, 0.25) is 0 Å². The highest BCUT2D eigenvalue weighted by atomic mass is 19.4. The van der Waals surface area contributed by atoms with Gasteiger partial charge in [0.25, 0.3) is 5.56 Å². The predicted molar refractivity (Wildman–Crippen MR) is 151 cm³/mol. The molecule has 5 rings (SSSR count). The van der Waals surface area contributed by atoms with Gasteiger partial charge in [0.15, 0.2) is 5.65 Å². The van der Waals surface area contributed by atoms with Gasteiger partial charge in [0.05, 0.1) is 11.8 Å². The van der Waals surface area contributed by atoms with E-state index in [1.807, 2.05) is 11.9 Å². The van der Waals surface area contributed by atoms with Gasteiger partial charge in [-0.15, -0.1) is 0 Å². The maximum atomic E-state index is 13.9. The summed E-state index contributed by atoms with van der Waals surface area (Å²) in [7, 11) is 5.18. The Morgan fingerprint density at radius 1 is 1.05 bits per heavy atom. The number of benzene rings is 2. The van der Waals surface area contributed by atoms with Gasteiger partial charge < -0.3 is 20.9 Å². The monoisotopic (exact) mass is 566 g/mol. The smallest absolute Gasteiger partial charge is 0.368 e. The third-order valence-corrected chi connectivity index (χ3v) is 7.37. The van der Waals surface area contributed by atoms with E-state index in [1.54, 1.807) is 39.2 Å². The van der Waals surface area contributed by atoms with Crippen molar-refractivity contribution in [2.45, 2.75) is 13.1 Å². The largest absolute Gasteiger partial charge is 0.416 e. The highest BCUT2D eigenvalue weighted by Gasteiger charge is 2.34. The van der Waals surface area contributed by atoms with Gasteiger partial charge in [-0.1, -0.05) is 12.1 Å². The van der Waals surface area contributed by atoms with Crippen LogP contribution in [0.5, 0.6) is 0 Å². The molecule has 1 amide bonds. The molecule has 41 heavy (non-hydrogen) atoms. The molecule has 0 aliphatic carbocycles. The minimum atomic E-state index is -4.68. The second kappa shape index (κ2) is 10.5. The molecule has 0 radical (unpaired) electrons. The van der Waals surface area contributed by atoms with Crippen molar-refractivity contribution in [2.24, 2.45) is 12.8 Å².